The first-order valence-electron chi connectivity index (χ1n) is 33.4. The molecule has 0 radical (unpaired) electrons. The fourth-order valence-corrected chi connectivity index (χ4v) is 26.4. The predicted molar refractivity (Wildman–Crippen MR) is 327 cm³/mol. The van der Waals surface area contributed by atoms with Crippen LogP contribution in [0.25, 0.3) is 0 Å². The Morgan fingerprint density at radius 3 is 1.85 bits per heavy atom. The number of aliphatic hydroxyl groups excluding tert-OH is 3. The van der Waals surface area contributed by atoms with E-state index in [1.54, 1.807) is 25.9 Å². The van der Waals surface area contributed by atoms with E-state index in [2.05, 4.69) is 0 Å². The van der Waals surface area contributed by atoms with Crippen molar-refractivity contribution in [2.75, 3.05) is 47.1 Å². The van der Waals surface area contributed by atoms with Crippen LogP contribution >= 0.6 is 7.26 Å². The Kier molecular flexibility index (Phi) is 26.6. The number of methoxy groups -OCH3 is 1. The van der Waals surface area contributed by atoms with E-state index in [9.17, 15) is 35.1 Å². The van der Waals surface area contributed by atoms with Crippen molar-refractivity contribution in [2.45, 2.75) is 331 Å². The summed E-state index contributed by atoms with van der Waals surface area (Å²) >= 11 is 0. The topological polar surface area (TPSA) is 188 Å². The first-order chi connectivity index (χ1) is 38.3. The fourth-order valence-electron chi connectivity index (χ4n) is 17.9. The molecule has 5 N–H and O–H groups in total. The molecule has 0 unspecified atom stereocenters. The van der Waals surface area contributed by atoms with Gasteiger partial charge in [-0.15, -0.1) is 0 Å². The molecule has 15 heteroatoms. The monoisotopic (exact) mass is 1170 g/mol. The molecule has 3 aliphatic carbocycles. The second-order valence-corrected chi connectivity index (χ2v) is 34.1. The van der Waals surface area contributed by atoms with E-state index < -0.39 is 102 Å². The molecule has 18 atom stereocenters. The van der Waals surface area contributed by atoms with Crippen molar-refractivity contribution in [1.82, 2.24) is 9.80 Å². The molecule has 6 fully saturated rings. The van der Waals surface area contributed by atoms with Gasteiger partial charge in [0.1, 0.15) is 12.2 Å². The molecule has 0 aromatic rings. The Labute approximate surface area is 493 Å². The number of hydrogen-bond acceptors (Lipinski definition) is 13. The van der Waals surface area contributed by atoms with Gasteiger partial charge in [0.2, 0.25) is 0 Å². The molecular formula is C66H123N2O12P. The summed E-state index contributed by atoms with van der Waals surface area (Å²) < 4.78 is 31.5. The molecule has 3 saturated carbocycles. The minimum Gasteiger partial charge on any atom is -0.383 e. The van der Waals surface area contributed by atoms with E-state index in [0.717, 1.165) is 36.2 Å². The first kappa shape index (κ1) is 69.1. The summed E-state index contributed by atoms with van der Waals surface area (Å²) in [6.45, 7) is 19.0. The summed E-state index contributed by atoms with van der Waals surface area (Å²) in [5.41, 5.74) is -1.12. The van der Waals surface area contributed by atoms with Crippen LogP contribution in [0, 0.1) is 29.6 Å². The Balaban J connectivity index is 1.22. The molecular weight excluding hydrogens is 1040 g/mol. The van der Waals surface area contributed by atoms with E-state index >= 15 is 0 Å². The smallest absolute Gasteiger partial charge is 0.383 e. The number of aliphatic hydroxyl groups is 5. The SMILES string of the molecule is CC[C@H]1OC(=O)[C@H](C)[C@@H](COC[C@H]2C[C@@](C)(OC)[C@@H](O)[C@H](C)O2)[C@H](C)[C@@H](C[C@@H]2O[C@H](C)C[C@H](N(C)C)[C@H]2O)[C@](C)(O)C[C@@H](C)CN(C(=O)CCCCCCC[PH](C2CCCCC2)(C2CCCCC2)C2CCCCC2)[C@H](C)[C@@H](O)[C@]1(C)O. The van der Waals surface area contributed by atoms with E-state index in [-0.39, 0.29) is 63.0 Å². The summed E-state index contributed by atoms with van der Waals surface area (Å²) in [5.74, 6) is -3.25. The molecule has 474 valence electrons. The van der Waals surface area contributed by atoms with Crippen molar-refractivity contribution in [3.05, 3.63) is 0 Å². The van der Waals surface area contributed by atoms with Crippen molar-refractivity contribution in [3.8, 4) is 0 Å². The van der Waals surface area contributed by atoms with Gasteiger partial charge in [0.05, 0.1) is 60.9 Å². The summed E-state index contributed by atoms with van der Waals surface area (Å²) in [4.78, 5) is 33.4. The number of likely N-dealkylation sites (N-methyl/N-ethyl adjacent to an activating group) is 1. The normalized spacial score (nSPS) is 40.4. The standard InChI is InChI=1S/C66H123N2O12P/c1-14-58-66(10,75)61(71)48(6)68(59(69)35-27-16-15-17-28-36-81(51-29-21-18-22-30-51,52-31-23-19-24-32-52)53-33-25-20-26-34-53)41-44(2)39-64(8,74)55(38-57-60(70)56(67(11)12)37-45(3)78-57)46(4)54(47(5)63(73)80-58)43-77-42-50-40-65(9,76-13)62(72)49(7)79-50/h44-58,60-62,70-72,74-75,81H,14-43H2,1-13H3/t44-,45-,46+,47-,48-,49+,50-,54+,55-,56+,57+,58-,60-,61-,62+,64-,65-,66-/m1/s1. The van der Waals surface area contributed by atoms with Crippen LogP contribution in [0.2, 0.25) is 0 Å². The molecule has 6 aliphatic rings. The van der Waals surface area contributed by atoms with Gasteiger partial charge in [-0.05, 0) is 85.7 Å². The Morgan fingerprint density at radius 1 is 0.753 bits per heavy atom. The van der Waals surface area contributed by atoms with Crippen LogP contribution in [-0.4, -0.2) is 189 Å². The van der Waals surface area contributed by atoms with Crippen molar-refractivity contribution in [3.63, 3.8) is 0 Å². The third-order valence-electron chi connectivity index (χ3n) is 22.7. The fraction of sp³-hybridized carbons (Fsp3) is 0.970. The molecule has 0 spiro atoms. The number of carbonyl (C=O) groups excluding carboxylic acids is 2. The first-order valence-corrected chi connectivity index (χ1v) is 35.9. The van der Waals surface area contributed by atoms with E-state index in [0.29, 0.717) is 19.3 Å². The number of esters is 1. The quantitative estimate of drug-likeness (QED) is 0.0441. The second kappa shape index (κ2) is 31.2. The number of rotatable bonds is 20. The number of nitrogens with zero attached hydrogens (tertiary/aromatic N) is 2. The maximum absolute atomic E-state index is 14.8. The van der Waals surface area contributed by atoms with Gasteiger partial charge in [0, 0.05) is 19.6 Å². The number of cyclic esters (lactones) is 1. The van der Waals surface area contributed by atoms with Crippen LogP contribution in [0.4, 0.5) is 0 Å². The maximum atomic E-state index is 14.8. The average molecular weight is 1170 g/mol. The molecule has 0 aromatic heterocycles. The zero-order valence-electron chi connectivity index (χ0n) is 53.6. The van der Waals surface area contributed by atoms with Gasteiger partial charge in [-0.1, -0.05) is 20.8 Å². The molecule has 3 saturated heterocycles. The van der Waals surface area contributed by atoms with Crippen LogP contribution < -0.4 is 0 Å². The number of hydrogen-bond donors (Lipinski definition) is 5. The molecule has 81 heavy (non-hydrogen) atoms. The van der Waals surface area contributed by atoms with E-state index in [4.69, 9.17) is 23.7 Å². The van der Waals surface area contributed by atoms with Gasteiger partial charge < -0.3 is 49.0 Å². The van der Waals surface area contributed by atoms with Crippen molar-refractivity contribution < 1.29 is 58.8 Å². The van der Waals surface area contributed by atoms with Gasteiger partial charge >= 0.3 is 242 Å². The number of unbranched alkanes of at least 4 members (excludes halogenated alkanes) is 4. The summed E-state index contributed by atoms with van der Waals surface area (Å²) in [5, 5.41) is 60.9. The molecule has 0 bridgehead atoms. The molecule has 14 nitrogen and oxygen atoms in total. The molecule has 3 aliphatic heterocycles. The van der Waals surface area contributed by atoms with Crippen LogP contribution in [0.5, 0.6) is 0 Å². The number of carbonyl (C=O) groups is 2. The van der Waals surface area contributed by atoms with E-state index in [1.165, 1.54) is 122 Å². The van der Waals surface area contributed by atoms with Crippen molar-refractivity contribution in [2.24, 2.45) is 29.6 Å². The average Bonchev–Trinajstić information content (AvgIpc) is 3.54. The second-order valence-electron chi connectivity index (χ2n) is 28.9. The Morgan fingerprint density at radius 2 is 1.31 bits per heavy atom. The van der Waals surface area contributed by atoms with Crippen molar-refractivity contribution >= 4 is 19.1 Å². The van der Waals surface area contributed by atoms with Gasteiger partial charge in [-0.2, -0.15) is 0 Å². The van der Waals surface area contributed by atoms with Crippen LogP contribution in [0.1, 0.15) is 236 Å². The molecule has 1 amide bonds. The zero-order valence-corrected chi connectivity index (χ0v) is 54.6. The summed E-state index contributed by atoms with van der Waals surface area (Å²) in [6, 6.07) is -1.01. The minimum atomic E-state index is -1.93. The predicted octanol–water partition coefficient (Wildman–Crippen LogP) is 10.8. The summed E-state index contributed by atoms with van der Waals surface area (Å²) in [6.07, 6.45) is 24.9. The summed E-state index contributed by atoms with van der Waals surface area (Å²) in [7, 11) is 3.97. The van der Waals surface area contributed by atoms with E-state index in [1.807, 2.05) is 67.5 Å². The number of ether oxygens (including phenoxy) is 5. The minimum absolute atomic E-state index is 0.0872. The van der Waals surface area contributed by atoms with Crippen molar-refractivity contribution in [1.29, 1.82) is 0 Å². The van der Waals surface area contributed by atoms with Crippen LogP contribution in [0.15, 0.2) is 0 Å². The van der Waals surface area contributed by atoms with Gasteiger partial charge in [0.25, 0.3) is 0 Å². The Bertz CT molecular complexity index is 1830. The van der Waals surface area contributed by atoms with Crippen LogP contribution in [0.3, 0.4) is 0 Å². The third-order valence-corrected chi connectivity index (χ3v) is 30.2. The van der Waals surface area contributed by atoms with Gasteiger partial charge in [-0.25, -0.2) is 0 Å². The number of amides is 1. The zero-order chi connectivity index (χ0) is 59.5. The molecule has 6 rings (SSSR count). The van der Waals surface area contributed by atoms with Gasteiger partial charge in [0.15, 0.2) is 0 Å². The molecule has 3 heterocycles. The Hall–Kier alpha value is -1.03. The van der Waals surface area contributed by atoms with Gasteiger partial charge in [-0.3, -0.25) is 4.79 Å². The third kappa shape index (κ3) is 17.2. The molecule has 0 aromatic carbocycles. The van der Waals surface area contributed by atoms with Crippen LogP contribution in [-0.2, 0) is 33.3 Å².